The molecule has 2 amide bonds. The monoisotopic (exact) mass is 470 g/mol. The molecule has 3 rings (SSSR count). The van der Waals surface area contributed by atoms with Gasteiger partial charge in [0, 0.05) is 5.56 Å². The van der Waals surface area contributed by atoms with Gasteiger partial charge < -0.3 is 9.84 Å². The first-order valence-corrected chi connectivity index (χ1v) is 10.9. The highest BCUT2D eigenvalue weighted by Crippen LogP contribution is 2.32. The van der Waals surface area contributed by atoms with E-state index in [1.54, 1.807) is 42.5 Å². The lowest BCUT2D eigenvalue weighted by molar-refractivity contribution is -0.139. The summed E-state index contributed by atoms with van der Waals surface area (Å²) in [6, 6.07) is 13.8. The molecule has 1 heterocycles. The van der Waals surface area contributed by atoms with Gasteiger partial charge in [-0.15, -0.1) is 0 Å². The molecule has 0 saturated carbocycles. The van der Waals surface area contributed by atoms with Gasteiger partial charge in [-0.05, 0) is 59.1 Å². The van der Waals surface area contributed by atoms with Crippen molar-refractivity contribution in [2.45, 2.75) is 26.2 Å². The number of hydrogen-bond acceptors (Lipinski definition) is 6. The van der Waals surface area contributed by atoms with Gasteiger partial charge in [0.15, 0.2) is 10.9 Å². The Morgan fingerprint density at radius 3 is 2.31 bits per heavy atom. The Balaban J connectivity index is 1.67. The molecule has 0 aromatic heterocycles. The van der Waals surface area contributed by atoms with Crippen LogP contribution in [-0.4, -0.2) is 38.8 Å². The van der Waals surface area contributed by atoms with Gasteiger partial charge in [-0.1, -0.05) is 56.8 Å². The van der Waals surface area contributed by atoms with Crippen LogP contribution in [0.5, 0.6) is 5.75 Å². The molecule has 2 aromatic rings. The fourth-order valence-corrected chi connectivity index (χ4v) is 3.99. The van der Waals surface area contributed by atoms with Crippen LogP contribution >= 0.6 is 24.0 Å². The largest absolute Gasteiger partial charge is 0.482 e. The zero-order valence-electron chi connectivity index (χ0n) is 17.7. The Hall–Kier alpha value is -3.17. The number of thiocarbonyl (C=S) groups is 1. The van der Waals surface area contributed by atoms with Gasteiger partial charge in [-0.2, -0.15) is 5.01 Å². The summed E-state index contributed by atoms with van der Waals surface area (Å²) in [6.07, 6.45) is 1.64. The maximum Gasteiger partial charge on any atom is 0.341 e. The van der Waals surface area contributed by atoms with Gasteiger partial charge in [-0.25, -0.2) is 4.79 Å². The molecule has 166 valence electrons. The van der Waals surface area contributed by atoms with Gasteiger partial charge >= 0.3 is 5.97 Å². The minimum absolute atomic E-state index is 0.0294. The molecule has 2 N–H and O–H groups in total. The number of hydrogen-bond donors (Lipinski definition) is 2. The first-order chi connectivity index (χ1) is 15.0. The number of thioether (sulfide) groups is 1. The van der Waals surface area contributed by atoms with Gasteiger partial charge in [0.2, 0.25) is 0 Å². The number of nitrogens with zero attached hydrogens (tertiary/aromatic N) is 1. The van der Waals surface area contributed by atoms with E-state index in [1.807, 2.05) is 12.1 Å². The van der Waals surface area contributed by atoms with E-state index in [9.17, 15) is 14.4 Å². The molecular formula is C23H22N2O5S2. The van der Waals surface area contributed by atoms with E-state index in [2.05, 4.69) is 26.2 Å². The second-order valence-electron chi connectivity index (χ2n) is 8.04. The fourth-order valence-electron chi connectivity index (χ4n) is 2.81. The lowest BCUT2D eigenvalue weighted by Gasteiger charge is -2.19. The number of aliphatic carboxylic acids is 1. The summed E-state index contributed by atoms with van der Waals surface area (Å²) in [5, 5.41) is 9.72. The maximum absolute atomic E-state index is 12.8. The van der Waals surface area contributed by atoms with E-state index < -0.39 is 24.4 Å². The smallest absolute Gasteiger partial charge is 0.341 e. The Morgan fingerprint density at radius 1 is 1.12 bits per heavy atom. The molecule has 1 aliphatic rings. The maximum atomic E-state index is 12.8. The van der Waals surface area contributed by atoms with E-state index in [0.717, 1.165) is 22.3 Å². The number of carbonyl (C=O) groups excluding carboxylic acids is 2. The summed E-state index contributed by atoms with van der Waals surface area (Å²) < 4.78 is 5.31. The third kappa shape index (κ3) is 5.74. The molecule has 0 unspecified atom stereocenters. The number of ether oxygens (including phenoxy) is 1. The van der Waals surface area contributed by atoms with Crippen LogP contribution in [0.4, 0.5) is 0 Å². The standard InChI is InChI=1S/C23H22N2O5S2/c1-23(2,3)16-8-6-15(7-9-16)20(28)24-25-21(29)18(32-22(25)31)12-14-4-10-17(11-5-14)30-13-19(26)27/h4-12H,13H2,1-3H3,(H,24,28)(H,26,27)/b18-12+. The summed E-state index contributed by atoms with van der Waals surface area (Å²) in [5.41, 5.74) is 4.77. The van der Waals surface area contributed by atoms with Crippen molar-refractivity contribution in [1.82, 2.24) is 10.4 Å². The van der Waals surface area contributed by atoms with Crippen molar-refractivity contribution in [2.75, 3.05) is 6.61 Å². The average molecular weight is 471 g/mol. The molecule has 0 atom stereocenters. The zero-order chi connectivity index (χ0) is 23.5. The van der Waals surface area contributed by atoms with Crippen molar-refractivity contribution >= 4 is 52.2 Å². The summed E-state index contributed by atoms with van der Waals surface area (Å²) in [7, 11) is 0. The van der Waals surface area contributed by atoms with Crippen molar-refractivity contribution in [3.8, 4) is 5.75 Å². The quantitative estimate of drug-likeness (QED) is 0.487. The molecule has 1 aliphatic heterocycles. The van der Waals surface area contributed by atoms with Gasteiger partial charge in [0.25, 0.3) is 11.8 Å². The summed E-state index contributed by atoms with van der Waals surface area (Å²) >= 11 is 6.35. The number of amides is 2. The summed E-state index contributed by atoms with van der Waals surface area (Å²) in [5.74, 6) is -1.51. The molecule has 0 aliphatic carbocycles. The first-order valence-electron chi connectivity index (χ1n) is 9.69. The predicted octanol–water partition coefficient (Wildman–Crippen LogP) is 3.99. The fraction of sp³-hybridized carbons (Fsp3) is 0.217. The average Bonchev–Trinajstić information content (AvgIpc) is 3.00. The van der Waals surface area contributed by atoms with Crippen LogP contribution in [0.3, 0.4) is 0 Å². The second kappa shape index (κ2) is 9.54. The molecule has 0 bridgehead atoms. The van der Waals surface area contributed by atoms with Crippen molar-refractivity contribution in [2.24, 2.45) is 0 Å². The van der Waals surface area contributed by atoms with E-state index in [-0.39, 0.29) is 9.74 Å². The van der Waals surface area contributed by atoms with E-state index in [1.165, 1.54) is 0 Å². The van der Waals surface area contributed by atoms with Crippen molar-refractivity contribution in [3.63, 3.8) is 0 Å². The highest BCUT2D eigenvalue weighted by atomic mass is 32.2. The molecule has 2 aromatic carbocycles. The van der Waals surface area contributed by atoms with Crippen LogP contribution in [0.1, 0.15) is 42.3 Å². The van der Waals surface area contributed by atoms with Crippen LogP contribution in [0.2, 0.25) is 0 Å². The van der Waals surface area contributed by atoms with Crippen molar-refractivity contribution < 1.29 is 24.2 Å². The normalized spacial score (nSPS) is 15.2. The SMILES string of the molecule is CC(C)(C)c1ccc(C(=O)NN2C(=O)/C(=C\c3ccc(OCC(=O)O)cc3)SC2=S)cc1. The Labute approximate surface area is 195 Å². The number of carbonyl (C=O) groups is 3. The van der Waals surface area contributed by atoms with Crippen LogP contribution in [0.15, 0.2) is 53.4 Å². The molecule has 7 nitrogen and oxygen atoms in total. The van der Waals surface area contributed by atoms with E-state index >= 15 is 0 Å². The van der Waals surface area contributed by atoms with Crippen LogP contribution in [0.25, 0.3) is 6.08 Å². The Kier molecular flexibility index (Phi) is 7.00. The third-order valence-corrected chi connectivity index (χ3v) is 5.86. The predicted molar refractivity (Wildman–Crippen MR) is 127 cm³/mol. The first kappa shape index (κ1) is 23.5. The molecule has 9 heteroatoms. The van der Waals surface area contributed by atoms with Gasteiger partial charge in [0.1, 0.15) is 5.75 Å². The molecule has 0 spiro atoms. The highest BCUT2D eigenvalue weighted by Gasteiger charge is 2.33. The second-order valence-corrected chi connectivity index (χ2v) is 9.71. The van der Waals surface area contributed by atoms with Crippen LogP contribution in [0, 0.1) is 0 Å². The number of carboxylic acids is 1. The van der Waals surface area contributed by atoms with Gasteiger partial charge in [-0.3, -0.25) is 15.0 Å². The molecule has 32 heavy (non-hydrogen) atoms. The molecular weight excluding hydrogens is 448 g/mol. The number of carboxylic acid groups (broad SMARTS) is 1. The summed E-state index contributed by atoms with van der Waals surface area (Å²) in [6.45, 7) is 5.83. The van der Waals surface area contributed by atoms with Crippen LogP contribution < -0.4 is 10.2 Å². The van der Waals surface area contributed by atoms with Crippen molar-refractivity contribution in [1.29, 1.82) is 0 Å². The highest BCUT2D eigenvalue weighted by molar-refractivity contribution is 8.26. The van der Waals surface area contributed by atoms with Crippen LogP contribution in [-0.2, 0) is 15.0 Å². The lowest BCUT2D eigenvalue weighted by atomic mass is 9.87. The number of benzene rings is 2. The molecule has 0 radical (unpaired) electrons. The minimum Gasteiger partial charge on any atom is -0.482 e. The van der Waals surface area contributed by atoms with Crippen molar-refractivity contribution in [3.05, 3.63) is 70.1 Å². The number of rotatable bonds is 6. The van der Waals surface area contributed by atoms with E-state index in [0.29, 0.717) is 21.8 Å². The molecule has 1 fully saturated rings. The summed E-state index contributed by atoms with van der Waals surface area (Å²) in [4.78, 5) is 36.3. The third-order valence-electron chi connectivity index (χ3n) is 4.56. The minimum atomic E-state index is -1.06. The Morgan fingerprint density at radius 2 is 1.75 bits per heavy atom. The topological polar surface area (TPSA) is 95.9 Å². The van der Waals surface area contributed by atoms with Gasteiger partial charge in [0.05, 0.1) is 4.91 Å². The molecule has 1 saturated heterocycles. The Bertz CT molecular complexity index is 1090. The lowest BCUT2D eigenvalue weighted by Crippen LogP contribution is -2.44. The van der Waals surface area contributed by atoms with E-state index in [4.69, 9.17) is 22.1 Å². The zero-order valence-corrected chi connectivity index (χ0v) is 19.4. The number of hydrazine groups is 1. The number of nitrogens with one attached hydrogen (secondary N) is 1.